The Morgan fingerprint density at radius 2 is 1.57 bits per heavy atom. The fourth-order valence-electron chi connectivity index (χ4n) is 2.91. The molecule has 11 heteroatoms. The predicted octanol–water partition coefficient (Wildman–Crippen LogP) is 6.68. The maximum Gasteiger partial charge on any atom is 0.310 e. The highest BCUT2D eigenvalue weighted by molar-refractivity contribution is 8.45. The summed E-state index contributed by atoms with van der Waals surface area (Å²) in [7, 11) is -9.72. The number of rotatable bonds is 4. The van der Waals surface area contributed by atoms with Gasteiger partial charge in [-0.3, -0.25) is 0 Å². The first-order valence-corrected chi connectivity index (χ1v) is 10.4. The van der Waals surface area contributed by atoms with Gasteiger partial charge in [-0.1, -0.05) is 25.5 Å². The molecule has 2 heterocycles. The van der Waals surface area contributed by atoms with Gasteiger partial charge in [0.2, 0.25) is 0 Å². The highest BCUT2D eigenvalue weighted by Crippen LogP contribution is 3.02. The van der Waals surface area contributed by atoms with Crippen LogP contribution >= 0.6 is 10.2 Å². The van der Waals surface area contributed by atoms with Crippen molar-refractivity contribution < 1.29 is 19.4 Å². The summed E-state index contributed by atoms with van der Waals surface area (Å²) in [6.07, 6.45) is 2.85. The summed E-state index contributed by atoms with van der Waals surface area (Å²) in [5.74, 6) is 0.624. The van der Waals surface area contributed by atoms with Crippen molar-refractivity contribution in [2.24, 2.45) is 0 Å². The van der Waals surface area contributed by atoms with Crippen molar-refractivity contribution in [1.29, 1.82) is 0 Å². The Bertz CT molecular complexity index is 1260. The van der Waals surface area contributed by atoms with Crippen LogP contribution < -0.4 is 11.1 Å². The zero-order chi connectivity index (χ0) is 21.6. The van der Waals surface area contributed by atoms with Crippen LogP contribution in [0.2, 0.25) is 0 Å². The minimum absolute atomic E-state index is 0.171. The molecule has 0 aliphatic rings. The van der Waals surface area contributed by atoms with E-state index in [-0.39, 0.29) is 5.69 Å². The van der Waals surface area contributed by atoms with Crippen LogP contribution in [-0.4, -0.2) is 15.0 Å². The molecule has 2 aromatic heterocycles. The normalized spacial score (nSPS) is 14.2. The number of fused-ring (bicyclic) bond motifs is 1. The number of benzene rings is 2. The van der Waals surface area contributed by atoms with Crippen LogP contribution in [0.1, 0.15) is 0 Å². The number of hydrogen-bond acceptors (Lipinski definition) is 5. The smallest absolute Gasteiger partial charge is 0.310 e. The fraction of sp³-hybridized carbons (Fsp3) is 0. The van der Waals surface area contributed by atoms with E-state index in [0.29, 0.717) is 45.8 Å². The van der Waals surface area contributed by atoms with Gasteiger partial charge in [0.15, 0.2) is 0 Å². The molecule has 0 bridgehead atoms. The van der Waals surface area contributed by atoms with Crippen LogP contribution in [0.3, 0.4) is 0 Å². The third-order valence-corrected chi connectivity index (χ3v) is 5.51. The van der Waals surface area contributed by atoms with Crippen LogP contribution in [0.25, 0.3) is 22.0 Å². The van der Waals surface area contributed by atoms with E-state index < -0.39 is 15.1 Å². The SMILES string of the molecule is Nc1ncnc2ccc(-c3cccnc3Nc3ccc(S(F)(F)(F)(F)F)cc3)cc12. The first-order chi connectivity index (χ1) is 13.9. The molecule has 0 radical (unpaired) electrons. The molecule has 3 N–H and O–H groups in total. The third kappa shape index (κ3) is 3.96. The second kappa shape index (κ2) is 6.02. The second-order valence-electron chi connectivity index (χ2n) is 6.51. The molecule has 0 unspecified atom stereocenters. The molecule has 156 valence electrons. The second-order valence-corrected chi connectivity index (χ2v) is 8.92. The summed E-state index contributed by atoms with van der Waals surface area (Å²) < 4.78 is 64.5. The van der Waals surface area contributed by atoms with Crippen molar-refractivity contribution in [2.45, 2.75) is 4.90 Å². The molecule has 0 fully saturated rings. The molecule has 0 saturated carbocycles. The lowest BCUT2D eigenvalue weighted by atomic mass is 10.0. The number of nitrogens with two attached hydrogens (primary N) is 1. The Hall–Kier alpha value is -3.47. The van der Waals surface area contributed by atoms with E-state index in [9.17, 15) is 19.4 Å². The molecular weight excluding hydrogens is 425 g/mol. The Morgan fingerprint density at radius 1 is 0.833 bits per heavy atom. The van der Waals surface area contributed by atoms with Gasteiger partial charge in [-0.15, -0.1) is 0 Å². The van der Waals surface area contributed by atoms with Crippen molar-refractivity contribution in [3.8, 4) is 11.1 Å². The Labute approximate surface area is 167 Å². The molecule has 0 atom stereocenters. The average molecular weight is 439 g/mol. The molecule has 4 aromatic rings. The van der Waals surface area contributed by atoms with Crippen LogP contribution in [0.5, 0.6) is 0 Å². The van der Waals surface area contributed by atoms with Gasteiger partial charge in [-0.25, -0.2) is 15.0 Å². The minimum Gasteiger partial charge on any atom is -0.383 e. The summed E-state index contributed by atoms with van der Waals surface area (Å²) in [4.78, 5) is 10.4. The van der Waals surface area contributed by atoms with E-state index in [4.69, 9.17) is 5.73 Å². The van der Waals surface area contributed by atoms with Crippen molar-refractivity contribution in [3.05, 3.63) is 67.1 Å². The van der Waals surface area contributed by atoms with Crippen molar-refractivity contribution in [3.63, 3.8) is 0 Å². The molecule has 0 saturated heterocycles. The predicted molar refractivity (Wildman–Crippen MR) is 108 cm³/mol. The van der Waals surface area contributed by atoms with Crippen LogP contribution in [0.4, 0.5) is 36.8 Å². The molecule has 4 rings (SSSR count). The number of pyridine rings is 1. The summed E-state index contributed by atoms with van der Waals surface area (Å²) in [6, 6.07) is 11.3. The number of hydrogen-bond donors (Lipinski definition) is 2. The van der Waals surface area contributed by atoms with Gasteiger partial charge in [-0.05, 0) is 54.1 Å². The van der Waals surface area contributed by atoms with Gasteiger partial charge >= 0.3 is 10.2 Å². The Morgan fingerprint density at radius 3 is 2.27 bits per heavy atom. The number of nitrogens with one attached hydrogen (secondary N) is 1. The molecule has 2 aromatic carbocycles. The molecule has 0 aliphatic heterocycles. The summed E-state index contributed by atoms with van der Waals surface area (Å²) in [5, 5.41) is 3.49. The van der Waals surface area contributed by atoms with Gasteiger partial charge < -0.3 is 11.1 Å². The lowest BCUT2D eigenvalue weighted by molar-refractivity contribution is 0.364. The van der Waals surface area contributed by atoms with Gasteiger partial charge in [0.05, 0.1) is 5.52 Å². The summed E-state index contributed by atoms with van der Waals surface area (Å²) in [6.45, 7) is 0. The van der Waals surface area contributed by atoms with E-state index in [2.05, 4.69) is 20.3 Å². The van der Waals surface area contributed by atoms with Crippen molar-refractivity contribution >= 4 is 38.5 Å². The number of anilines is 3. The van der Waals surface area contributed by atoms with Gasteiger partial charge in [0, 0.05) is 22.8 Å². The van der Waals surface area contributed by atoms with Gasteiger partial charge in [0.25, 0.3) is 0 Å². The lowest BCUT2D eigenvalue weighted by Gasteiger charge is -2.40. The van der Waals surface area contributed by atoms with Crippen LogP contribution in [0, 0.1) is 0 Å². The highest BCUT2D eigenvalue weighted by atomic mass is 32.5. The molecule has 0 spiro atoms. The standard InChI is InChI=1S/C19H14F5N5S/c20-30(21,22,23,24)14-6-4-13(5-7-14)29-19-15(2-1-9-26-19)12-3-8-17-16(10-12)18(25)28-11-27-17/h1-11H,(H,26,29)(H2,25,27,28). The van der Waals surface area contributed by atoms with E-state index >= 15 is 0 Å². The first kappa shape index (κ1) is 19.8. The zero-order valence-electron chi connectivity index (χ0n) is 15.1. The Balaban J connectivity index is 1.71. The van der Waals surface area contributed by atoms with Crippen LogP contribution in [0.15, 0.2) is 72.0 Å². The first-order valence-electron chi connectivity index (χ1n) is 8.47. The monoisotopic (exact) mass is 439 g/mol. The maximum atomic E-state index is 12.9. The van der Waals surface area contributed by atoms with E-state index in [1.54, 1.807) is 30.3 Å². The average Bonchev–Trinajstić information content (AvgIpc) is 2.67. The third-order valence-electron chi connectivity index (χ3n) is 4.35. The molecule has 5 nitrogen and oxygen atoms in total. The number of aromatic nitrogens is 3. The fourth-order valence-corrected chi connectivity index (χ4v) is 3.56. The van der Waals surface area contributed by atoms with E-state index in [0.717, 1.165) is 12.1 Å². The number of nitrogens with zero attached hydrogens (tertiary/aromatic N) is 3. The largest absolute Gasteiger partial charge is 0.383 e. The molecular formula is C19H14F5N5S. The summed E-state index contributed by atoms with van der Waals surface area (Å²) in [5.41, 5.74) is 8.06. The molecule has 30 heavy (non-hydrogen) atoms. The van der Waals surface area contributed by atoms with Gasteiger partial charge in [0.1, 0.15) is 22.9 Å². The van der Waals surface area contributed by atoms with Crippen LogP contribution in [-0.2, 0) is 0 Å². The zero-order valence-corrected chi connectivity index (χ0v) is 15.9. The van der Waals surface area contributed by atoms with Gasteiger partial charge in [-0.2, -0.15) is 0 Å². The quantitative estimate of drug-likeness (QED) is 0.347. The van der Waals surface area contributed by atoms with E-state index in [1.165, 1.54) is 12.5 Å². The Kier molecular flexibility index (Phi) is 3.98. The number of halogens is 5. The highest BCUT2D eigenvalue weighted by Gasteiger charge is 2.65. The van der Waals surface area contributed by atoms with Crippen molar-refractivity contribution in [1.82, 2.24) is 15.0 Å². The van der Waals surface area contributed by atoms with Crippen molar-refractivity contribution in [2.75, 3.05) is 11.1 Å². The molecule has 0 amide bonds. The maximum absolute atomic E-state index is 12.9. The topological polar surface area (TPSA) is 76.7 Å². The summed E-state index contributed by atoms with van der Waals surface area (Å²) >= 11 is 0. The minimum atomic E-state index is -9.72. The lowest BCUT2D eigenvalue weighted by Crippen LogP contribution is -2.06. The van der Waals surface area contributed by atoms with E-state index in [1.807, 2.05) is 0 Å². The number of nitrogen functional groups attached to an aromatic ring is 1. The molecule has 0 aliphatic carbocycles.